The van der Waals surface area contributed by atoms with E-state index in [1.165, 1.54) is 0 Å². The van der Waals surface area contributed by atoms with Gasteiger partial charge >= 0.3 is 5.97 Å². The summed E-state index contributed by atoms with van der Waals surface area (Å²) in [5, 5.41) is 11.7. The van der Waals surface area contributed by atoms with E-state index in [1.807, 2.05) is 13.8 Å². The van der Waals surface area contributed by atoms with Crippen molar-refractivity contribution in [3.63, 3.8) is 0 Å². The van der Waals surface area contributed by atoms with E-state index in [1.54, 1.807) is 31.2 Å². The van der Waals surface area contributed by atoms with Crippen molar-refractivity contribution in [1.29, 1.82) is 0 Å². The second-order valence-electron chi connectivity index (χ2n) is 4.90. The molecule has 2 N–H and O–H groups in total. The van der Waals surface area contributed by atoms with Gasteiger partial charge in [0, 0.05) is 5.69 Å². The molecule has 0 fully saturated rings. The number of anilines is 1. The third kappa shape index (κ3) is 5.40. The molecule has 1 atom stereocenters. The lowest BCUT2D eigenvalue weighted by atomic mass is 10.0. The van der Waals surface area contributed by atoms with E-state index in [9.17, 15) is 9.59 Å². The van der Waals surface area contributed by atoms with Crippen molar-refractivity contribution in [1.82, 2.24) is 0 Å². The van der Waals surface area contributed by atoms with Crippen molar-refractivity contribution in [2.75, 3.05) is 11.9 Å². The standard InChI is InChI=1S/C15H21NO4/c1-10(2)20-8-7-14(17)16-13-6-4-5-12(9-13)11(3)15(18)19/h4-6,9-11H,7-8H2,1-3H3,(H,16,17)(H,18,19). The van der Waals surface area contributed by atoms with Crippen molar-refractivity contribution in [3.8, 4) is 0 Å². The lowest BCUT2D eigenvalue weighted by Crippen LogP contribution is -2.16. The van der Waals surface area contributed by atoms with Crippen LogP contribution in [0.5, 0.6) is 0 Å². The Bertz CT molecular complexity index is 471. The lowest BCUT2D eigenvalue weighted by Gasteiger charge is -2.11. The number of carbonyl (C=O) groups excluding carboxylic acids is 1. The molecule has 0 aliphatic carbocycles. The predicted molar refractivity (Wildman–Crippen MR) is 76.8 cm³/mol. The van der Waals surface area contributed by atoms with Crippen LogP contribution in [-0.2, 0) is 14.3 Å². The van der Waals surface area contributed by atoms with Gasteiger partial charge < -0.3 is 15.2 Å². The van der Waals surface area contributed by atoms with Gasteiger partial charge in [-0.1, -0.05) is 12.1 Å². The highest BCUT2D eigenvalue weighted by Gasteiger charge is 2.14. The van der Waals surface area contributed by atoms with Crippen LogP contribution in [0, 0.1) is 0 Å². The normalized spacial score (nSPS) is 12.2. The third-order valence-corrected chi connectivity index (χ3v) is 2.82. The van der Waals surface area contributed by atoms with Crippen LogP contribution in [-0.4, -0.2) is 29.7 Å². The summed E-state index contributed by atoms with van der Waals surface area (Å²) in [5.74, 6) is -1.64. The first-order chi connectivity index (χ1) is 9.40. The fraction of sp³-hybridized carbons (Fsp3) is 0.467. The van der Waals surface area contributed by atoms with E-state index >= 15 is 0 Å². The highest BCUT2D eigenvalue weighted by atomic mass is 16.5. The first-order valence-electron chi connectivity index (χ1n) is 6.64. The molecule has 1 rings (SSSR count). The minimum atomic E-state index is -0.890. The van der Waals surface area contributed by atoms with Gasteiger partial charge in [-0.25, -0.2) is 0 Å². The lowest BCUT2D eigenvalue weighted by molar-refractivity contribution is -0.138. The number of ether oxygens (including phenoxy) is 1. The Morgan fingerprint density at radius 3 is 2.60 bits per heavy atom. The Morgan fingerprint density at radius 1 is 1.30 bits per heavy atom. The molecule has 1 amide bonds. The molecular weight excluding hydrogens is 258 g/mol. The number of carbonyl (C=O) groups is 2. The van der Waals surface area contributed by atoms with Crippen molar-refractivity contribution in [2.45, 2.75) is 39.2 Å². The fourth-order valence-corrected chi connectivity index (χ4v) is 1.64. The summed E-state index contributed by atoms with van der Waals surface area (Å²) < 4.78 is 5.31. The van der Waals surface area contributed by atoms with Gasteiger partial charge in [0.15, 0.2) is 0 Å². The smallest absolute Gasteiger partial charge is 0.310 e. The molecule has 0 bridgehead atoms. The zero-order valence-corrected chi connectivity index (χ0v) is 12.1. The molecule has 0 aliphatic rings. The van der Waals surface area contributed by atoms with E-state index in [0.29, 0.717) is 17.9 Å². The second kappa shape index (κ2) is 7.65. The van der Waals surface area contributed by atoms with Crippen LogP contribution in [0.2, 0.25) is 0 Å². The number of amides is 1. The Morgan fingerprint density at radius 2 is 2.00 bits per heavy atom. The van der Waals surface area contributed by atoms with Crippen LogP contribution in [0.15, 0.2) is 24.3 Å². The summed E-state index contributed by atoms with van der Waals surface area (Å²) in [5.41, 5.74) is 1.26. The molecule has 5 heteroatoms. The van der Waals surface area contributed by atoms with Gasteiger partial charge in [-0.15, -0.1) is 0 Å². The Balaban J connectivity index is 2.57. The minimum Gasteiger partial charge on any atom is -0.481 e. The molecule has 0 heterocycles. The summed E-state index contributed by atoms with van der Waals surface area (Å²) in [4.78, 5) is 22.6. The number of hydrogen-bond donors (Lipinski definition) is 2. The number of nitrogens with one attached hydrogen (secondary N) is 1. The van der Waals surface area contributed by atoms with Crippen molar-refractivity contribution in [2.24, 2.45) is 0 Å². The van der Waals surface area contributed by atoms with Gasteiger partial charge in [-0.2, -0.15) is 0 Å². The second-order valence-corrected chi connectivity index (χ2v) is 4.90. The van der Waals surface area contributed by atoms with E-state index in [2.05, 4.69) is 5.32 Å². The summed E-state index contributed by atoms with van der Waals surface area (Å²) >= 11 is 0. The van der Waals surface area contributed by atoms with Crippen LogP contribution >= 0.6 is 0 Å². The van der Waals surface area contributed by atoms with Crippen molar-refractivity contribution >= 4 is 17.6 Å². The monoisotopic (exact) mass is 279 g/mol. The number of aliphatic carboxylic acids is 1. The summed E-state index contributed by atoms with van der Waals surface area (Å²) in [6.07, 6.45) is 0.374. The van der Waals surface area contributed by atoms with Gasteiger partial charge in [0.05, 0.1) is 25.0 Å². The molecule has 20 heavy (non-hydrogen) atoms. The molecule has 0 aliphatic heterocycles. The number of rotatable bonds is 7. The van der Waals surface area contributed by atoms with E-state index in [-0.39, 0.29) is 18.4 Å². The maximum Gasteiger partial charge on any atom is 0.310 e. The van der Waals surface area contributed by atoms with Crippen LogP contribution in [0.4, 0.5) is 5.69 Å². The summed E-state index contributed by atoms with van der Waals surface area (Å²) in [6, 6.07) is 6.88. The topological polar surface area (TPSA) is 75.6 Å². The van der Waals surface area contributed by atoms with Crippen LogP contribution in [0.25, 0.3) is 0 Å². The number of benzene rings is 1. The van der Waals surface area contributed by atoms with E-state index in [0.717, 1.165) is 0 Å². The van der Waals surface area contributed by atoms with Gasteiger partial charge in [-0.05, 0) is 38.5 Å². The molecule has 1 aromatic carbocycles. The zero-order chi connectivity index (χ0) is 15.1. The predicted octanol–water partition coefficient (Wildman–Crippen LogP) is 2.63. The average molecular weight is 279 g/mol. The molecular formula is C15H21NO4. The first kappa shape index (κ1) is 16.2. The summed E-state index contributed by atoms with van der Waals surface area (Å²) in [7, 11) is 0. The van der Waals surface area contributed by atoms with Crippen LogP contribution in [0.1, 0.15) is 38.7 Å². The quantitative estimate of drug-likeness (QED) is 0.804. The fourth-order valence-electron chi connectivity index (χ4n) is 1.64. The Hall–Kier alpha value is -1.88. The molecule has 0 spiro atoms. The number of hydrogen-bond acceptors (Lipinski definition) is 3. The molecule has 1 unspecified atom stereocenters. The highest BCUT2D eigenvalue weighted by Crippen LogP contribution is 2.19. The molecule has 110 valence electrons. The number of carboxylic acids is 1. The Labute approximate surface area is 118 Å². The molecule has 0 saturated heterocycles. The Kier molecular flexibility index (Phi) is 6.18. The van der Waals surface area contributed by atoms with E-state index in [4.69, 9.17) is 9.84 Å². The minimum absolute atomic E-state index is 0.0996. The van der Waals surface area contributed by atoms with Gasteiger partial charge in [0.2, 0.25) is 5.91 Å². The average Bonchev–Trinajstić information content (AvgIpc) is 2.37. The van der Waals surface area contributed by atoms with Crippen LogP contribution < -0.4 is 5.32 Å². The highest BCUT2D eigenvalue weighted by molar-refractivity contribution is 5.91. The van der Waals surface area contributed by atoms with Gasteiger partial charge in [0.1, 0.15) is 0 Å². The molecule has 0 saturated carbocycles. The molecule has 5 nitrogen and oxygen atoms in total. The maximum atomic E-state index is 11.7. The number of carboxylic acid groups (broad SMARTS) is 1. The van der Waals surface area contributed by atoms with Crippen molar-refractivity contribution in [3.05, 3.63) is 29.8 Å². The third-order valence-electron chi connectivity index (χ3n) is 2.82. The van der Waals surface area contributed by atoms with Gasteiger partial charge in [-0.3, -0.25) is 9.59 Å². The first-order valence-corrected chi connectivity index (χ1v) is 6.64. The zero-order valence-electron chi connectivity index (χ0n) is 12.1. The molecule has 0 aromatic heterocycles. The summed E-state index contributed by atoms with van der Waals surface area (Å²) in [6.45, 7) is 5.80. The van der Waals surface area contributed by atoms with Gasteiger partial charge in [0.25, 0.3) is 0 Å². The molecule has 1 aromatic rings. The molecule has 0 radical (unpaired) electrons. The van der Waals surface area contributed by atoms with E-state index < -0.39 is 11.9 Å². The van der Waals surface area contributed by atoms with Crippen molar-refractivity contribution < 1.29 is 19.4 Å². The largest absolute Gasteiger partial charge is 0.481 e. The van der Waals surface area contributed by atoms with Crippen LogP contribution in [0.3, 0.4) is 0 Å². The SMILES string of the molecule is CC(C)OCCC(=O)Nc1cccc(C(C)C(=O)O)c1. The maximum absolute atomic E-state index is 11.7.